The third-order valence-electron chi connectivity index (χ3n) is 1.50. The average Bonchev–Trinajstić information content (AvgIpc) is 1.84. The average molecular weight is 162 g/mol. The maximum Gasteiger partial charge on any atom is 0.00916 e. The zero-order valence-corrected chi connectivity index (χ0v) is 7.50. The normalized spacial score (nSPS) is 9.80. The Balaban J connectivity index is 0. The minimum Gasteiger partial charge on any atom is -0.330 e. The van der Waals surface area contributed by atoms with E-state index in [9.17, 15) is 0 Å². The fourth-order valence-corrected chi connectivity index (χ4v) is 0.513. The van der Waals surface area contributed by atoms with Crippen LogP contribution < -0.4 is 5.73 Å². The van der Waals surface area contributed by atoms with Crippen molar-refractivity contribution < 1.29 is 0 Å². The van der Waals surface area contributed by atoms with Crippen molar-refractivity contribution in [1.82, 2.24) is 0 Å². The summed E-state index contributed by atoms with van der Waals surface area (Å²) in [5.41, 5.74) is 5.71. The molecule has 0 heterocycles. The van der Waals surface area contributed by atoms with E-state index in [1.165, 1.54) is 0 Å². The first-order valence-electron chi connectivity index (χ1n) is 3.26. The molecule has 0 fully saturated rings. The maximum atomic E-state index is 5.48. The van der Waals surface area contributed by atoms with Crippen molar-refractivity contribution >= 4 is 12.4 Å². The Bertz CT molecular complexity index is 113. The van der Waals surface area contributed by atoms with Crippen LogP contribution in [0.15, 0.2) is 0 Å². The molecule has 0 aromatic rings. The fourth-order valence-electron chi connectivity index (χ4n) is 0.513. The molecule has 0 radical (unpaired) electrons. The number of halogens is 1. The van der Waals surface area contributed by atoms with Crippen molar-refractivity contribution in [1.29, 1.82) is 0 Å². The lowest BCUT2D eigenvalue weighted by atomic mass is 9.88. The summed E-state index contributed by atoms with van der Waals surface area (Å²) < 4.78 is 0. The first kappa shape index (κ1) is 12.5. The molecule has 0 bridgehead atoms. The van der Waals surface area contributed by atoms with Crippen molar-refractivity contribution in [3.05, 3.63) is 0 Å². The first-order chi connectivity index (χ1) is 4.12. The van der Waals surface area contributed by atoms with Crippen LogP contribution in [0.2, 0.25) is 0 Å². The van der Waals surface area contributed by atoms with Gasteiger partial charge in [0.25, 0.3) is 0 Å². The van der Waals surface area contributed by atoms with Crippen LogP contribution in [0.3, 0.4) is 0 Å². The molecule has 0 amide bonds. The Morgan fingerprint density at radius 3 is 2.30 bits per heavy atom. The zero-order chi connectivity index (χ0) is 7.33. The molecule has 0 saturated heterocycles. The lowest BCUT2D eigenvalue weighted by Crippen LogP contribution is -2.22. The number of hydrogen-bond acceptors (Lipinski definition) is 1. The molecular weight excluding hydrogens is 146 g/mol. The Hall–Kier alpha value is -0.190. The molecule has 0 atom stereocenters. The second-order valence-corrected chi connectivity index (χ2v) is 3.07. The predicted molar refractivity (Wildman–Crippen MR) is 48.2 cm³/mol. The predicted octanol–water partition coefficient (Wildman–Crippen LogP) is 1.81. The van der Waals surface area contributed by atoms with Crippen molar-refractivity contribution in [3.8, 4) is 12.3 Å². The van der Waals surface area contributed by atoms with E-state index in [4.69, 9.17) is 12.2 Å². The molecule has 2 N–H and O–H groups in total. The summed E-state index contributed by atoms with van der Waals surface area (Å²) in [7, 11) is 0. The molecule has 0 aromatic carbocycles. The van der Waals surface area contributed by atoms with E-state index in [1.54, 1.807) is 0 Å². The Morgan fingerprint density at radius 1 is 1.50 bits per heavy atom. The largest absolute Gasteiger partial charge is 0.330 e. The third kappa shape index (κ3) is 5.94. The first-order valence-corrected chi connectivity index (χ1v) is 3.26. The number of rotatable bonds is 3. The molecule has 0 rings (SSSR count). The molecule has 0 spiro atoms. The fraction of sp³-hybridized carbons (Fsp3) is 0.750. The van der Waals surface area contributed by atoms with Gasteiger partial charge in [0.15, 0.2) is 0 Å². The highest BCUT2D eigenvalue weighted by molar-refractivity contribution is 5.85. The van der Waals surface area contributed by atoms with Crippen molar-refractivity contribution in [2.45, 2.75) is 26.7 Å². The van der Waals surface area contributed by atoms with Gasteiger partial charge < -0.3 is 5.73 Å². The zero-order valence-electron chi connectivity index (χ0n) is 6.68. The van der Waals surface area contributed by atoms with Crippen LogP contribution >= 0.6 is 12.4 Å². The minimum atomic E-state index is 0. The molecule has 0 unspecified atom stereocenters. The summed E-state index contributed by atoms with van der Waals surface area (Å²) >= 11 is 0. The summed E-state index contributed by atoms with van der Waals surface area (Å²) in [5.74, 6) is 2.60. The molecule has 10 heavy (non-hydrogen) atoms. The van der Waals surface area contributed by atoms with E-state index >= 15 is 0 Å². The Labute approximate surface area is 69.8 Å². The van der Waals surface area contributed by atoms with Gasteiger partial charge in [0, 0.05) is 6.42 Å². The van der Waals surface area contributed by atoms with Crippen molar-refractivity contribution in [2.75, 3.05) is 6.54 Å². The van der Waals surface area contributed by atoms with E-state index in [0.29, 0.717) is 6.54 Å². The SMILES string of the molecule is C#CCCC(C)(C)CN.Cl. The third-order valence-corrected chi connectivity index (χ3v) is 1.50. The summed E-state index contributed by atoms with van der Waals surface area (Å²) in [6.45, 7) is 4.98. The molecule has 0 saturated carbocycles. The van der Waals surface area contributed by atoms with Gasteiger partial charge >= 0.3 is 0 Å². The van der Waals surface area contributed by atoms with Gasteiger partial charge in [-0.05, 0) is 18.4 Å². The second kappa shape index (κ2) is 5.58. The van der Waals surface area contributed by atoms with Gasteiger partial charge in [-0.15, -0.1) is 24.8 Å². The number of terminal acetylenes is 1. The van der Waals surface area contributed by atoms with E-state index in [-0.39, 0.29) is 17.8 Å². The van der Waals surface area contributed by atoms with E-state index < -0.39 is 0 Å². The lowest BCUT2D eigenvalue weighted by Gasteiger charge is -2.20. The minimum absolute atomic E-state index is 0. The van der Waals surface area contributed by atoms with E-state index in [2.05, 4.69) is 19.8 Å². The molecule has 0 aliphatic heterocycles. The molecule has 1 nitrogen and oxygen atoms in total. The van der Waals surface area contributed by atoms with Crippen molar-refractivity contribution in [3.63, 3.8) is 0 Å². The summed E-state index contributed by atoms with van der Waals surface area (Å²) in [5, 5.41) is 0. The van der Waals surface area contributed by atoms with Crippen LogP contribution in [-0.2, 0) is 0 Å². The molecular formula is C8H16ClN. The topological polar surface area (TPSA) is 26.0 Å². The van der Waals surface area contributed by atoms with Gasteiger partial charge in [0.1, 0.15) is 0 Å². The molecule has 0 aliphatic carbocycles. The lowest BCUT2D eigenvalue weighted by molar-refractivity contribution is 0.353. The van der Waals surface area contributed by atoms with Crippen LogP contribution in [0.5, 0.6) is 0 Å². The maximum absolute atomic E-state index is 5.48. The Kier molecular flexibility index (Phi) is 6.97. The molecule has 60 valence electrons. The van der Waals surface area contributed by atoms with Gasteiger partial charge in [-0.2, -0.15) is 0 Å². The summed E-state index contributed by atoms with van der Waals surface area (Å²) in [4.78, 5) is 0. The molecule has 0 aromatic heterocycles. The van der Waals surface area contributed by atoms with Gasteiger partial charge in [-0.3, -0.25) is 0 Å². The number of hydrogen-bond donors (Lipinski definition) is 1. The number of nitrogens with two attached hydrogens (primary N) is 1. The van der Waals surface area contributed by atoms with Gasteiger partial charge in [0.05, 0.1) is 0 Å². The summed E-state index contributed by atoms with van der Waals surface area (Å²) in [6, 6.07) is 0. The van der Waals surface area contributed by atoms with Crippen LogP contribution in [0.1, 0.15) is 26.7 Å². The molecule has 0 aliphatic rings. The quantitative estimate of drug-likeness (QED) is 0.628. The monoisotopic (exact) mass is 161 g/mol. The highest BCUT2D eigenvalue weighted by Gasteiger charge is 2.13. The Morgan fingerprint density at radius 2 is 2.00 bits per heavy atom. The van der Waals surface area contributed by atoms with Crippen molar-refractivity contribution in [2.24, 2.45) is 11.1 Å². The van der Waals surface area contributed by atoms with Crippen LogP contribution in [0.25, 0.3) is 0 Å². The second-order valence-electron chi connectivity index (χ2n) is 3.07. The standard InChI is InChI=1S/C8H15N.ClH/c1-4-5-6-8(2,3)7-9;/h1H,5-7,9H2,2-3H3;1H. The van der Waals surface area contributed by atoms with Crippen LogP contribution in [0, 0.1) is 17.8 Å². The van der Waals surface area contributed by atoms with Gasteiger partial charge in [0.2, 0.25) is 0 Å². The van der Waals surface area contributed by atoms with E-state index in [1.807, 2.05) is 0 Å². The van der Waals surface area contributed by atoms with Crippen LogP contribution in [-0.4, -0.2) is 6.54 Å². The smallest absolute Gasteiger partial charge is 0.00916 e. The van der Waals surface area contributed by atoms with E-state index in [0.717, 1.165) is 12.8 Å². The summed E-state index contributed by atoms with van der Waals surface area (Å²) in [6.07, 6.45) is 6.96. The highest BCUT2D eigenvalue weighted by atomic mass is 35.5. The highest BCUT2D eigenvalue weighted by Crippen LogP contribution is 2.19. The van der Waals surface area contributed by atoms with Gasteiger partial charge in [-0.1, -0.05) is 13.8 Å². The van der Waals surface area contributed by atoms with Crippen LogP contribution in [0.4, 0.5) is 0 Å². The van der Waals surface area contributed by atoms with Gasteiger partial charge in [-0.25, -0.2) is 0 Å². The molecule has 2 heteroatoms.